The minimum Gasteiger partial charge on any atom is -0.308 e. The van der Waals surface area contributed by atoms with E-state index in [-0.39, 0.29) is 16.9 Å². The van der Waals surface area contributed by atoms with Crippen molar-refractivity contribution in [2.45, 2.75) is 25.2 Å². The minimum atomic E-state index is -5.19. The number of fused-ring (bicyclic) bond motifs is 6. The average molecular weight is 850 g/mol. The van der Waals surface area contributed by atoms with Crippen LogP contribution in [0.4, 0.5) is 26.3 Å². The zero-order valence-electron chi connectivity index (χ0n) is 33.4. The molecule has 0 fully saturated rings. The van der Waals surface area contributed by atoms with E-state index in [2.05, 4.69) is 18.2 Å². The zero-order valence-corrected chi connectivity index (χ0v) is 33.4. The van der Waals surface area contributed by atoms with Gasteiger partial charge in [0.25, 0.3) is 0 Å². The predicted molar refractivity (Wildman–Crippen MR) is 235 cm³/mol. The van der Waals surface area contributed by atoms with E-state index < -0.39 is 34.6 Å². The molecule has 0 aliphatic heterocycles. The van der Waals surface area contributed by atoms with Crippen molar-refractivity contribution in [2.24, 2.45) is 0 Å². The molecule has 1 aliphatic carbocycles. The van der Waals surface area contributed by atoms with Crippen LogP contribution in [0, 0.1) is 34.0 Å². The van der Waals surface area contributed by atoms with Crippen molar-refractivity contribution in [1.82, 2.24) is 9.13 Å². The highest BCUT2D eigenvalue weighted by Crippen LogP contribution is 2.48. The van der Waals surface area contributed by atoms with Crippen LogP contribution in [0.2, 0.25) is 0 Å². The predicted octanol–water partition coefficient (Wildman–Crippen LogP) is 14.3. The number of aromatic nitrogens is 2. The maximum atomic E-state index is 15.0. The van der Waals surface area contributed by atoms with Crippen LogP contribution in [0.15, 0.2) is 146 Å². The Labute approximate surface area is 361 Å². The molecule has 64 heavy (non-hydrogen) atoms. The molecule has 0 unspecified atom stereocenters. The molecule has 0 spiro atoms. The third-order valence-corrected chi connectivity index (χ3v) is 12.0. The lowest BCUT2D eigenvalue weighted by molar-refractivity contribution is -0.142. The molecular weight excluding hydrogens is 821 g/mol. The normalized spacial score (nSPS) is 12.6. The Morgan fingerprint density at radius 2 is 1.02 bits per heavy atom. The van der Waals surface area contributed by atoms with Gasteiger partial charge in [-0.15, -0.1) is 0 Å². The van der Waals surface area contributed by atoms with Crippen LogP contribution in [0.1, 0.15) is 45.5 Å². The van der Waals surface area contributed by atoms with E-state index in [4.69, 9.17) is 0 Å². The van der Waals surface area contributed by atoms with Crippen LogP contribution >= 0.6 is 0 Å². The molecule has 7 aromatic carbocycles. The van der Waals surface area contributed by atoms with E-state index in [1.807, 2.05) is 72.8 Å². The van der Waals surface area contributed by atoms with Gasteiger partial charge >= 0.3 is 12.4 Å². The first-order chi connectivity index (χ1) is 30.9. The van der Waals surface area contributed by atoms with Gasteiger partial charge in [-0.3, -0.25) is 0 Å². The van der Waals surface area contributed by atoms with E-state index in [1.54, 1.807) is 57.7 Å². The fourth-order valence-electron chi connectivity index (χ4n) is 9.29. The molecule has 308 valence electrons. The molecule has 0 N–H and O–H groups in total. The van der Waals surface area contributed by atoms with Crippen molar-refractivity contribution in [3.8, 4) is 63.0 Å². The lowest BCUT2D eigenvalue weighted by Gasteiger charge is -2.23. The molecular formula is C53H29F6N5. The van der Waals surface area contributed by atoms with Gasteiger partial charge < -0.3 is 9.13 Å². The first-order valence-electron chi connectivity index (χ1n) is 20.1. The molecule has 0 atom stereocenters. The molecule has 5 nitrogen and oxygen atoms in total. The number of aryl methyl sites for hydroxylation is 1. The highest BCUT2D eigenvalue weighted by molar-refractivity contribution is 6.11. The van der Waals surface area contributed by atoms with Crippen LogP contribution in [-0.4, -0.2) is 9.13 Å². The number of hydrogen-bond donors (Lipinski definition) is 0. The molecule has 0 bridgehead atoms. The lowest BCUT2D eigenvalue weighted by Crippen LogP contribution is -2.15. The SMILES string of the molecule is N#Cc1ccccc1-c1ccc2c(c1)c1c(n2-c2cc(-c3c(C(F)(F)F)cccc3C(F)(F)F)cc(-n3c4ccccc4c4cc(-c5ccccc5C#N)ccc43)c2C#N)C=CCC1. The molecule has 10 rings (SSSR count). The van der Waals surface area contributed by atoms with Crippen LogP contribution in [0.3, 0.4) is 0 Å². The summed E-state index contributed by atoms with van der Waals surface area (Å²) in [5.74, 6) is 0. The summed E-state index contributed by atoms with van der Waals surface area (Å²) in [6, 6.07) is 43.8. The van der Waals surface area contributed by atoms with Gasteiger partial charge in [-0.05, 0) is 119 Å². The van der Waals surface area contributed by atoms with E-state index >= 15 is 26.3 Å². The smallest absolute Gasteiger partial charge is 0.308 e. The van der Waals surface area contributed by atoms with Gasteiger partial charge in [-0.25, -0.2) is 0 Å². The standard InChI is InChI=1S/C53H29F6N5/c54-52(55,56)43-16-9-17-44(53(57,58)59)51(43)35-26-49(63-45-18-7-5-14-38(45)40-24-31(20-22-47(40)63)36-12-3-1-10-33(36)28-60)42(30-62)50(27-35)64-46-19-8-6-15-39(46)41-25-32(21-23-48(41)64)37-13-4-2-11-34(37)29-61/h1-5,7-14,16-27H,6,15H2. The van der Waals surface area contributed by atoms with Crippen molar-refractivity contribution in [3.63, 3.8) is 0 Å². The van der Waals surface area contributed by atoms with Crippen LogP contribution < -0.4 is 0 Å². The molecule has 0 radical (unpaired) electrons. The fraction of sp³-hybridized carbons (Fsp3) is 0.0755. The molecule has 0 amide bonds. The minimum absolute atomic E-state index is 0.000861. The number of nitriles is 3. The van der Waals surface area contributed by atoms with Crippen molar-refractivity contribution in [3.05, 3.63) is 185 Å². The summed E-state index contributed by atoms with van der Waals surface area (Å²) in [5, 5.41) is 33.3. The van der Waals surface area contributed by atoms with E-state index in [9.17, 15) is 15.8 Å². The number of allylic oxidation sites excluding steroid dienone is 1. The van der Waals surface area contributed by atoms with Crippen molar-refractivity contribution < 1.29 is 26.3 Å². The molecule has 9 aromatic rings. The Hall–Kier alpha value is -8.33. The topological polar surface area (TPSA) is 81.2 Å². The number of para-hydroxylation sites is 1. The summed E-state index contributed by atoms with van der Waals surface area (Å²) in [7, 11) is 0. The summed E-state index contributed by atoms with van der Waals surface area (Å²) in [6.07, 6.45) is -5.35. The van der Waals surface area contributed by atoms with E-state index in [0.717, 1.165) is 22.6 Å². The second-order valence-electron chi connectivity index (χ2n) is 15.5. The van der Waals surface area contributed by atoms with Crippen LogP contribution in [-0.2, 0) is 18.8 Å². The van der Waals surface area contributed by atoms with Gasteiger partial charge in [0, 0.05) is 27.4 Å². The number of benzene rings is 7. The largest absolute Gasteiger partial charge is 0.417 e. The molecule has 2 aromatic heterocycles. The number of nitrogens with zero attached hydrogens (tertiary/aromatic N) is 5. The molecule has 2 heterocycles. The maximum absolute atomic E-state index is 15.0. The summed E-state index contributed by atoms with van der Waals surface area (Å²) in [6.45, 7) is 0. The van der Waals surface area contributed by atoms with Gasteiger partial charge in [0.2, 0.25) is 0 Å². The highest BCUT2D eigenvalue weighted by atomic mass is 19.4. The summed E-state index contributed by atoms with van der Waals surface area (Å²) < 4.78 is 93.6. The number of halogens is 6. The Balaban J connectivity index is 1.35. The zero-order chi connectivity index (χ0) is 44.5. The Morgan fingerprint density at radius 3 is 1.61 bits per heavy atom. The van der Waals surface area contributed by atoms with Gasteiger partial charge in [0.15, 0.2) is 0 Å². The summed E-state index contributed by atoms with van der Waals surface area (Å²) in [5.41, 5.74) is 2.56. The van der Waals surface area contributed by atoms with Crippen molar-refractivity contribution in [1.29, 1.82) is 15.8 Å². The third kappa shape index (κ3) is 6.30. The van der Waals surface area contributed by atoms with Crippen molar-refractivity contribution >= 4 is 38.8 Å². The van der Waals surface area contributed by atoms with E-state index in [0.29, 0.717) is 85.8 Å². The molecule has 1 aliphatic rings. The van der Waals surface area contributed by atoms with Gasteiger partial charge in [-0.1, -0.05) is 78.9 Å². The van der Waals surface area contributed by atoms with Gasteiger partial charge in [0.05, 0.1) is 62.3 Å². The Bertz CT molecular complexity index is 3550. The summed E-state index contributed by atoms with van der Waals surface area (Å²) in [4.78, 5) is 0. The lowest BCUT2D eigenvalue weighted by atomic mass is 9.91. The van der Waals surface area contributed by atoms with Gasteiger partial charge in [-0.2, -0.15) is 42.1 Å². The highest BCUT2D eigenvalue weighted by Gasteiger charge is 2.41. The van der Waals surface area contributed by atoms with E-state index in [1.165, 1.54) is 12.1 Å². The molecule has 0 saturated heterocycles. The van der Waals surface area contributed by atoms with Crippen LogP contribution in [0.5, 0.6) is 0 Å². The fourth-order valence-corrected chi connectivity index (χ4v) is 9.29. The number of rotatable bonds is 5. The molecule has 11 heteroatoms. The number of hydrogen-bond acceptors (Lipinski definition) is 3. The average Bonchev–Trinajstić information content (AvgIpc) is 3.82. The van der Waals surface area contributed by atoms with Gasteiger partial charge in [0.1, 0.15) is 11.6 Å². The monoisotopic (exact) mass is 849 g/mol. The first-order valence-corrected chi connectivity index (χ1v) is 20.1. The van der Waals surface area contributed by atoms with Crippen LogP contribution in [0.25, 0.3) is 83.5 Å². The van der Waals surface area contributed by atoms with Crippen molar-refractivity contribution in [2.75, 3.05) is 0 Å². The maximum Gasteiger partial charge on any atom is 0.417 e. The Kier molecular flexibility index (Phi) is 9.29. The first kappa shape index (κ1) is 39.8. The number of alkyl halides is 6. The second kappa shape index (κ2) is 14.9. The third-order valence-electron chi connectivity index (χ3n) is 12.0. The molecule has 0 saturated carbocycles. The summed E-state index contributed by atoms with van der Waals surface area (Å²) >= 11 is 0. The Morgan fingerprint density at radius 1 is 0.484 bits per heavy atom. The quantitative estimate of drug-likeness (QED) is 0.162. The second-order valence-corrected chi connectivity index (χ2v) is 15.5.